The van der Waals surface area contributed by atoms with Crippen LogP contribution in [-0.2, 0) is 11.2 Å². The van der Waals surface area contributed by atoms with Gasteiger partial charge in [0.2, 0.25) is 0 Å². The first-order valence-electron chi connectivity index (χ1n) is 9.58. The van der Waals surface area contributed by atoms with Crippen molar-refractivity contribution in [1.29, 1.82) is 0 Å². The Kier molecular flexibility index (Phi) is 4.94. The van der Waals surface area contributed by atoms with Gasteiger partial charge in [-0.15, -0.1) is 0 Å². The molecule has 2 aromatic carbocycles. The summed E-state index contributed by atoms with van der Waals surface area (Å²) < 4.78 is 0. The minimum atomic E-state index is -1.10. The topological polar surface area (TPSA) is 148 Å². The Hall–Kier alpha value is -3.75. The number of benzene rings is 2. The molecule has 1 saturated carbocycles. The molecule has 4 rings (SSSR count). The molecular formula is C21H21N3O6. The van der Waals surface area contributed by atoms with E-state index in [0.29, 0.717) is 16.8 Å². The Morgan fingerprint density at radius 3 is 2.40 bits per heavy atom. The van der Waals surface area contributed by atoms with Gasteiger partial charge in [0.1, 0.15) is 11.5 Å². The zero-order valence-electron chi connectivity index (χ0n) is 15.9. The van der Waals surface area contributed by atoms with Crippen molar-refractivity contribution in [3.05, 3.63) is 53.1 Å². The molecular weight excluding hydrogens is 390 g/mol. The van der Waals surface area contributed by atoms with Crippen LogP contribution in [0.3, 0.4) is 0 Å². The second kappa shape index (κ2) is 7.58. The number of aromatic hydroxyl groups is 2. The summed E-state index contributed by atoms with van der Waals surface area (Å²) in [5.41, 5.74) is 1.29. The van der Waals surface area contributed by atoms with E-state index in [2.05, 4.69) is 16.0 Å². The molecule has 2 aliphatic rings. The number of carbonyl (C=O) groups is 3. The third-order valence-corrected chi connectivity index (χ3v) is 5.37. The Bertz CT molecular complexity index is 1030. The smallest absolute Gasteiger partial charge is 0.319 e. The summed E-state index contributed by atoms with van der Waals surface area (Å²) in [6.07, 6.45) is 1.97. The maximum Gasteiger partial charge on any atom is 0.319 e. The fourth-order valence-electron chi connectivity index (χ4n) is 3.67. The van der Waals surface area contributed by atoms with Crippen LogP contribution in [0.15, 0.2) is 36.4 Å². The number of carboxylic acids is 1. The van der Waals surface area contributed by atoms with Crippen molar-refractivity contribution < 1.29 is 29.7 Å². The summed E-state index contributed by atoms with van der Waals surface area (Å²) in [7, 11) is 0. The molecule has 2 aliphatic carbocycles. The summed E-state index contributed by atoms with van der Waals surface area (Å²) in [5, 5.41) is 37.8. The van der Waals surface area contributed by atoms with Gasteiger partial charge in [-0.05, 0) is 43.0 Å². The van der Waals surface area contributed by atoms with E-state index in [1.54, 1.807) is 12.1 Å². The summed E-state index contributed by atoms with van der Waals surface area (Å²) in [5.74, 6) is -3.06. The van der Waals surface area contributed by atoms with E-state index in [0.717, 1.165) is 12.8 Å². The number of carboxylic acid groups (broad SMARTS) is 1. The Morgan fingerprint density at radius 1 is 0.967 bits per heavy atom. The molecule has 9 nitrogen and oxygen atoms in total. The maximum absolute atomic E-state index is 12.7. The summed E-state index contributed by atoms with van der Waals surface area (Å²) >= 11 is 0. The van der Waals surface area contributed by atoms with Crippen LogP contribution >= 0.6 is 0 Å². The molecule has 2 aromatic rings. The number of nitrogens with one attached hydrogen (secondary N) is 3. The van der Waals surface area contributed by atoms with Crippen LogP contribution in [0.4, 0.5) is 10.5 Å². The molecule has 9 heteroatoms. The molecule has 0 saturated heterocycles. The molecule has 156 valence electrons. The van der Waals surface area contributed by atoms with Gasteiger partial charge >= 0.3 is 12.0 Å². The van der Waals surface area contributed by atoms with E-state index < -0.39 is 23.8 Å². The first-order valence-corrected chi connectivity index (χ1v) is 9.58. The van der Waals surface area contributed by atoms with Gasteiger partial charge in [-0.25, -0.2) is 4.79 Å². The normalized spacial score (nSPS) is 19.6. The number of hydrogen-bond donors (Lipinski definition) is 6. The summed E-state index contributed by atoms with van der Waals surface area (Å²) in [4.78, 5) is 36.2. The van der Waals surface area contributed by atoms with E-state index in [4.69, 9.17) is 0 Å². The number of phenols is 2. The number of amides is 3. The molecule has 6 N–H and O–H groups in total. The number of anilines is 1. The van der Waals surface area contributed by atoms with Crippen LogP contribution in [0.5, 0.6) is 11.5 Å². The zero-order chi connectivity index (χ0) is 21.4. The van der Waals surface area contributed by atoms with Crippen molar-refractivity contribution in [1.82, 2.24) is 10.6 Å². The second-order valence-electron chi connectivity index (χ2n) is 7.55. The average molecular weight is 411 g/mol. The zero-order valence-corrected chi connectivity index (χ0v) is 15.9. The predicted octanol–water partition coefficient (Wildman–Crippen LogP) is 2.11. The fourth-order valence-corrected chi connectivity index (χ4v) is 3.67. The van der Waals surface area contributed by atoms with Crippen LogP contribution in [-0.4, -0.2) is 39.3 Å². The first-order chi connectivity index (χ1) is 14.3. The monoisotopic (exact) mass is 411 g/mol. The highest BCUT2D eigenvalue weighted by Crippen LogP contribution is 2.40. The maximum atomic E-state index is 12.7. The Balaban J connectivity index is 1.51. The summed E-state index contributed by atoms with van der Waals surface area (Å²) in [6, 6.07) is 7.74. The summed E-state index contributed by atoms with van der Waals surface area (Å²) in [6.45, 7) is 0. The van der Waals surface area contributed by atoms with Gasteiger partial charge < -0.3 is 31.3 Å². The number of carbonyl (C=O) groups excluding carboxylic acids is 2. The molecule has 0 aliphatic heterocycles. The lowest BCUT2D eigenvalue weighted by Crippen LogP contribution is -2.34. The molecule has 0 radical (unpaired) electrons. The minimum absolute atomic E-state index is 0.0155. The van der Waals surface area contributed by atoms with Gasteiger partial charge in [-0.2, -0.15) is 0 Å². The largest absolute Gasteiger partial charge is 0.508 e. The van der Waals surface area contributed by atoms with Crippen molar-refractivity contribution in [3.8, 4) is 11.5 Å². The highest BCUT2D eigenvalue weighted by Gasteiger charge is 2.40. The lowest BCUT2D eigenvalue weighted by Gasteiger charge is -2.19. The SMILES string of the molecule is O=C(Nc1ccc(C(=O)N[C@@H]2c3cccc(O)c3C[C@@H]2C(=O)O)c(O)c1)NC1CC1. The number of aliphatic carboxylic acids is 1. The molecule has 3 amide bonds. The van der Waals surface area contributed by atoms with E-state index in [1.165, 1.54) is 24.3 Å². The van der Waals surface area contributed by atoms with E-state index in [-0.39, 0.29) is 35.6 Å². The second-order valence-corrected chi connectivity index (χ2v) is 7.55. The van der Waals surface area contributed by atoms with Gasteiger partial charge in [0, 0.05) is 23.4 Å². The van der Waals surface area contributed by atoms with Crippen molar-refractivity contribution in [2.75, 3.05) is 5.32 Å². The van der Waals surface area contributed by atoms with Crippen LogP contribution < -0.4 is 16.0 Å². The number of urea groups is 1. The molecule has 0 spiro atoms. The number of rotatable bonds is 5. The number of hydrogen-bond acceptors (Lipinski definition) is 5. The average Bonchev–Trinajstić information content (AvgIpc) is 3.41. The molecule has 0 heterocycles. The van der Waals surface area contributed by atoms with Gasteiger partial charge in [-0.1, -0.05) is 12.1 Å². The van der Waals surface area contributed by atoms with Crippen molar-refractivity contribution in [2.45, 2.75) is 31.3 Å². The lowest BCUT2D eigenvalue weighted by molar-refractivity contribution is -0.142. The standard InChI is InChI=1S/C21H21N3O6/c25-16-3-1-2-12-14(16)9-15(20(28)29)18(12)24-19(27)13-7-6-11(8-17(13)26)23-21(30)22-10-4-5-10/h1-3,6-8,10,15,18,25-26H,4-5,9H2,(H,24,27)(H,28,29)(H2,22,23,30)/t15-,18+/m0/s1. The van der Waals surface area contributed by atoms with Gasteiger partial charge in [0.05, 0.1) is 17.5 Å². The van der Waals surface area contributed by atoms with Crippen LogP contribution in [0, 0.1) is 5.92 Å². The lowest BCUT2D eigenvalue weighted by atomic mass is 10.00. The van der Waals surface area contributed by atoms with Crippen LogP contribution in [0.25, 0.3) is 0 Å². The highest BCUT2D eigenvalue weighted by molar-refractivity contribution is 5.99. The molecule has 0 unspecified atom stereocenters. The molecule has 0 aromatic heterocycles. The quantitative estimate of drug-likeness (QED) is 0.444. The molecule has 1 fully saturated rings. The Morgan fingerprint density at radius 2 is 1.73 bits per heavy atom. The number of fused-ring (bicyclic) bond motifs is 1. The highest BCUT2D eigenvalue weighted by atomic mass is 16.4. The van der Waals surface area contributed by atoms with E-state index in [1.807, 2.05) is 0 Å². The third kappa shape index (κ3) is 3.86. The van der Waals surface area contributed by atoms with Crippen molar-refractivity contribution >= 4 is 23.6 Å². The minimum Gasteiger partial charge on any atom is -0.508 e. The van der Waals surface area contributed by atoms with Crippen LogP contribution in [0.2, 0.25) is 0 Å². The molecule has 30 heavy (non-hydrogen) atoms. The van der Waals surface area contributed by atoms with E-state index >= 15 is 0 Å². The first kappa shape index (κ1) is 19.6. The Labute approximate surface area is 171 Å². The van der Waals surface area contributed by atoms with Crippen molar-refractivity contribution in [2.24, 2.45) is 5.92 Å². The van der Waals surface area contributed by atoms with Crippen LogP contribution in [0.1, 0.15) is 40.4 Å². The van der Waals surface area contributed by atoms with E-state index in [9.17, 15) is 29.7 Å². The van der Waals surface area contributed by atoms with Gasteiger partial charge in [0.15, 0.2) is 0 Å². The number of phenolic OH excluding ortho intramolecular Hbond substituents is 2. The predicted molar refractivity (Wildman–Crippen MR) is 106 cm³/mol. The van der Waals surface area contributed by atoms with Gasteiger partial charge in [-0.3, -0.25) is 9.59 Å². The fraction of sp³-hybridized carbons (Fsp3) is 0.286. The molecule has 2 atom stereocenters. The van der Waals surface area contributed by atoms with Gasteiger partial charge in [0.25, 0.3) is 5.91 Å². The van der Waals surface area contributed by atoms with Crippen molar-refractivity contribution in [3.63, 3.8) is 0 Å². The molecule has 0 bridgehead atoms. The third-order valence-electron chi connectivity index (χ3n) is 5.37.